The Kier molecular flexibility index (Phi) is 4.80. The fourth-order valence-electron chi connectivity index (χ4n) is 2.34. The van der Waals surface area contributed by atoms with Gasteiger partial charge in [0.25, 0.3) is 0 Å². The summed E-state index contributed by atoms with van der Waals surface area (Å²) in [5.74, 6) is 0.925. The Morgan fingerprint density at radius 1 is 1.18 bits per heavy atom. The van der Waals surface area contributed by atoms with Crippen molar-refractivity contribution in [2.24, 2.45) is 5.92 Å². The molecule has 4 nitrogen and oxygen atoms in total. The molecule has 0 radical (unpaired) electrons. The fourth-order valence-corrected chi connectivity index (χ4v) is 2.34. The summed E-state index contributed by atoms with van der Waals surface area (Å²) in [6.07, 6.45) is 3.41. The first-order valence-electron chi connectivity index (χ1n) is 6.88. The maximum atomic E-state index is 11.2. The topological polar surface area (TPSA) is 32.8 Å². The second-order valence-electron chi connectivity index (χ2n) is 5.14. The van der Waals surface area contributed by atoms with Crippen LogP contribution in [0, 0.1) is 5.92 Å². The van der Waals surface area contributed by atoms with Crippen molar-refractivity contribution in [2.75, 3.05) is 45.9 Å². The van der Waals surface area contributed by atoms with Gasteiger partial charge in [-0.2, -0.15) is 0 Å². The van der Waals surface area contributed by atoms with Gasteiger partial charge in [0.15, 0.2) is 0 Å². The SMILES string of the molecule is CCOC(=O)CCN1CCN(CC2CC2)CC1. The van der Waals surface area contributed by atoms with Crippen LogP contribution in [-0.2, 0) is 9.53 Å². The first kappa shape index (κ1) is 12.8. The molecule has 0 unspecified atom stereocenters. The molecule has 0 atom stereocenters. The van der Waals surface area contributed by atoms with Gasteiger partial charge in [-0.1, -0.05) is 0 Å². The third-order valence-corrected chi connectivity index (χ3v) is 3.62. The first-order valence-corrected chi connectivity index (χ1v) is 6.88. The summed E-state index contributed by atoms with van der Waals surface area (Å²) in [5, 5.41) is 0. The molecule has 0 aromatic rings. The third kappa shape index (κ3) is 4.64. The van der Waals surface area contributed by atoms with E-state index in [0.29, 0.717) is 13.0 Å². The number of ether oxygens (including phenoxy) is 1. The summed E-state index contributed by atoms with van der Waals surface area (Å²) in [6.45, 7) is 9.04. The molecule has 1 aliphatic heterocycles. The van der Waals surface area contributed by atoms with Gasteiger partial charge in [0.05, 0.1) is 13.0 Å². The molecule has 17 heavy (non-hydrogen) atoms. The van der Waals surface area contributed by atoms with E-state index in [-0.39, 0.29) is 5.97 Å². The van der Waals surface area contributed by atoms with E-state index in [4.69, 9.17) is 4.74 Å². The zero-order chi connectivity index (χ0) is 12.1. The molecule has 0 amide bonds. The fraction of sp³-hybridized carbons (Fsp3) is 0.923. The van der Waals surface area contributed by atoms with Crippen LogP contribution in [0.15, 0.2) is 0 Å². The number of carbonyl (C=O) groups is 1. The van der Waals surface area contributed by atoms with Crippen LogP contribution < -0.4 is 0 Å². The van der Waals surface area contributed by atoms with Gasteiger partial charge in [-0.3, -0.25) is 4.79 Å². The van der Waals surface area contributed by atoms with E-state index in [0.717, 1.165) is 25.6 Å². The highest BCUT2D eigenvalue weighted by Gasteiger charge is 2.26. The van der Waals surface area contributed by atoms with Crippen LogP contribution in [0.2, 0.25) is 0 Å². The Bertz CT molecular complexity index is 246. The number of rotatable bonds is 6. The van der Waals surface area contributed by atoms with Gasteiger partial charge in [-0.05, 0) is 25.7 Å². The number of piperazine rings is 1. The van der Waals surface area contributed by atoms with Gasteiger partial charge in [-0.25, -0.2) is 0 Å². The lowest BCUT2D eigenvalue weighted by atomic mass is 10.2. The van der Waals surface area contributed by atoms with Crippen molar-refractivity contribution < 1.29 is 9.53 Å². The van der Waals surface area contributed by atoms with Crippen LogP contribution in [0.25, 0.3) is 0 Å². The number of hydrogen-bond donors (Lipinski definition) is 0. The molecule has 0 bridgehead atoms. The smallest absolute Gasteiger partial charge is 0.307 e. The lowest BCUT2D eigenvalue weighted by Crippen LogP contribution is -2.47. The van der Waals surface area contributed by atoms with Crippen LogP contribution in [0.1, 0.15) is 26.2 Å². The summed E-state index contributed by atoms with van der Waals surface area (Å²) < 4.78 is 4.94. The molecular formula is C13H24N2O2. The van der Waals surface area contributed by atoms with Crippen molar-refractivity contribution in [1.29, 1.82) is 0 Å². The molecule has 2 rings (SSSR count). The Morgan fingerprint density at radius 3 is 2.41 bits per heavy atom. The van der Waals surface area contributed by atoms with E-state index in [9.17, 15) is 4.79 Å². The van der Waals surface area contributed by atoms with Crippen molar-refractivity contribution in [3.63, 3.8) is 0 Å². The maximum Gasteiger partial charge on any atom is 0.307 e. The number of esters is 1. The molecule has 1 saturated carbocycles. The van der Waals surface area contributed by atoms with Gasteiger partial charge in [0.2, 0.25) is 0 Å². The zero-order valence-corrected chi connectivity index (χ0v) is 10.9. The summed E-state index contributed by atoms with van der Waals surface area (Å²) in [5.41, 5.74) is 0. The molecule has 2 fully saturated rings. The van der Waals surface area contributed by atoms with Crippen LogP contribution in [0.4, 0.5) is 0 Å². The van der Waals surface area contributed by atoms with E-state index in [1.54, 1.807) is 0 Å². The minimum absolute atomic E-state index is 0.0621. The van der Waals surface area contributed by atoms with E-state index in [1.165, 1.54) is 32.5 Å². The summed E-state index contributed by atoms with van der Waals surface area (Å²) in [4.78, 5) is 16.2. The molecule has 0 aromatic carbocycles. The molecule has 98 valence electrons. The molecule has 0 aromatic heterocycles. The van der Waals surface area contributed by atoms with Crippen LogP contribution >= 0.6 is 0 Å². The molecule has 1 heterocycles. The molecule has 1 saturated heterocycles. The van der Waals surface area contributed by atoms with E-state index < -0.39 is 0 Å². The summed E-state index contributed by atoms with van der Waals surface area (Å²) in [7, 11) is 0. The first-order chi connectivity index (χ1) is 8.28. The second kappa shape index (κ2) is 6.36. The quantitative estimate of drug-likeness (QED) is 0.648. The average molecular weight is 240 g/mol. The zero-order valence-electron chi connectivity index (χ0n) is 10.9. The Morgan fingerprint density at radius 2 is 1.82 bits per heavy atom. The Balaban J connectivity index is 1.56. The summed E-state index contributed by atoms with van der Waals surface area (Å²) >= 11 is 0. The lowest BCUT2D eigenvalue weighted by molar-refractivity contribution is -0.143. The predicted octanol–water partition coefficient (Wildman–Crippen LogP) is 0.967. The van der Waals surface area contributed by atoms with Crippen molar-refractivity contribution >= 4 is 5.97 Å². The van der Waals surface area contributed by atoms with Gasteiger partial charge < -0.3 is 14.5 Å². The number of carbonyl (C=O) groups excluding carboxylic acids is 1. The molecule has 4 heteroatoms. The molecule has 0 spiro atoms. The number of nitrogens with zero attached hydrogens (tertiary/aromatic N) is 2. The molecule has 0 N–H and O–H groups in total. The van der Waals surface area contributed by atoms with Crippen molar-refractivity contribution in [1.82, 2.24) is 9.80 Å². The molecule has 2 aliphatic rings. The highest BCUT2D eigenvalue weighted by atomic mass is 16.5. The standard InChI is InChI=1S/C13H24N2O2/c1-2-17-13(16)5-6-14-7-9-15(10-8-14)11-12-3-4-12/h12H,2-11H2,1H3. The van der Waals surface area contributed by atoms with E-state index in [1.807, 2.05) is 6.92 Å². The Labute approximate surface area is 104 Å². The van der Waals surface area contributed by atoms with Gasteiger partial charge >= 0.3 is 5.97 Å². The minimum atomic E-state index is -0.0621. The van der Waals surface area contributed by atoms with Crippen molar-refractivity contribution in [3.05, 3.63) is 0 Å². The van der Waals surface area contributed by atoms with E-state index >= 15 is 0 Å². The third-order valence-electron chi connectivity index (χ3n) is 3.62. The van der Waals surface area contributed by atoms with Crippen LogP contribution in [0.3, 0.4) is 0 Å². The number of hydrogen-bond acceptors (Lipinski definition) is 4. The second-order valence-corrected chi connectivity index (χ2v) is 5.14. The normalized spacial score (nSPS) is 22.6. The van der Waals surface area contributed by atoms with E-state index in [2.05, 4.69) is 9.80 Å². The highest BCUT2D eigenvalue weighted by Crippen LogP contribution is 2.29. The lowest BCUT2D eigenvalue weighted by Gasteiger charge is -2.34. The van der Waals surface area contributed by atoms with Crippen molar-refractivity contribution in [2.45, 2.75) is 26.2 Å². The Hall–Kier alpha value is -0.610. The van der Waals surface area contributed by atoms with Crippen LogP contribution in [-0.4, -0.2) is 61.6 Å². The monoisotopic (exact) mass is 240 g/mol. The highest BCUT2D eigenvalue weighted by molar-refractivity contribution is 5.69. The molecular weight excluding hydrogens is 216 g/mol. The predicted molar refractivity (Wildman–Crippen MR) is 66.9 cm³/mol. The summed E-state index contributed by atoms with van der Waals surface area (Å²) in [6, 6.07) is 0. The van der Waals surface area contributed by atoms with Gasteiger partial charge in [0.1, 0.15) is 0 Å². The minimum Gasteiger partial charge on any atom is -0.466 e. The van der Waals surface area contributed by atoms with Gasteiger partial charge in [-0.15, -0.1) is 0 Å². The maximum absolute atomic E-state index is 11.2. The largest absolute Gasteiger partial charge is 0.466 e. The average Bonchev–Trinajstić information content (AvgIpc) is 3.13. The van der Waals surface area contributed by atoms with Crippen molar-refractivity contribution in [3.8, 4) is 0 Å². The molecule has 1 aliphatic carbocycles. The van der Waals surface area contributed by atoms with Crippen LogP contribution in [0.5, 0.6) is 0 Å². The van der Waals surface area contributed by atoms with Gasteiger partial charge in [0, 0.05) is 39.3 Å².